The monoisotopic (exact) mass is 218 g/mol. The van der Waals surface area contributed by atoms with Crippen molar-refractivity contribution in [3.05, 3.63) is 35.4 Å². The van der Waals surface area contributed by atoms with Gasteiger partial charge in [-0.15, -0.1) is 0 Å². The van der Waals surface area contributed by atoms with E-state index in [1.807, 2.05) is 19.9 Å². The van der Waals surface area contributed by atoms with E-state index in [4.69, 9.17) is 0 Å². The number of carbonyl (C=O) groups excluding carboxylic acids is 1. The number of benzene rings is 1. The van der Waals surface area contributed by atoms with Gasteiger partial charge in [0, 0.05) is 6.42 Å². The molecule has 1 unspecified atom stereocenters. The second kappa shape index (κ2) is 5.29. The summed E-state index contributed by atoms with van der Waals surface area (Å²) in [6.45, 7) is 8.17. The molecule has 1 aliphatic rings. The number of hydrogen-bond acceptors (Lipinski definition) is 1. The van der Waals surface area contributed by atoms with Crippen LogP contribution in [0.25, 0.3) is 0 Å². The average molecular weight is 218 g/mol. The van der Waals surface area contributed by atoms with E-state index in [9.17, 15) is 4.79 Å². The molecule has 0 N–H and O–H groups in total. The lowest BCUT2D eigenvalue weighted by molar-refractivity contribution is -0.124. The summed E-state index contributed by atoms with van der Waals surface area (Å²) < 4.78 is 0. The van der Waals surface area contributed by atoms with Crippen molar-refractivity contribution in [3.63, 3.8) is 0 Å². The Balaban J connectivity index is 0.000000606. The van der Waals surface area contributed by atoms with E-state index in [1.165, 1.54) is 11.1 Å². The van der Waals surface area contributed by atoms with Gasteiger partial charge in [-0.1, -0.05) is 45.0 Å². The number of carbonyl (C=O) groups is 1. The number of ketones is 1. The van der Waals surface area contributed by atoms with E-state index in [1.54, 1.807) is 0 Å². The average Bonchev–Trinajstić information content (AvgIpc) is 2.37. The van der Waals surface area contributed by atoms with Crippen LogP contribution >= 0.6 is 0 Å². The van der Waals surface area contributed by atoms with Gasteiger partial charge in [0.1, 0.15) is 5.78 Å². The van der Waals surface area contributed by atoms with Gasteiger partial charge in [0.25, 0.3) is 0 Å². The van der Waals surface area contributed by atoms with E-state index < -0.39 is 0 Å². The van der Waals surface area contributed by atoms with Crippen LogP contribution in [0.5, 0.6) is 0 Å². The first kappa shape index (κ1) is 13.0. The highest BCUT2D eigenvalue weighted by Crippen LogP contribution is 2.36. The minimum atomic E-state index is -0.227. The van der Waals surface area contributed by atoms with Gasteiger partial charge in [0.2, 0.25) is 0 Å². The largest absolute Gasteiger partial charge is 0.299 e. The molecule has 0 saturated carbocycles. The fraction of sp³-hybridized carbons (Fsp3) is 0.533. The third kappa shape index (κ3) is 2.04. The van der Waals surface area contributed by atoms with Crippen LogP contribution in [0.2, 0.25) is 0 Å². The summed E-state index contributed by atoms with van der Waals surface area (Å²) >= 11 is 0. The van der Waals surface area contributed by atoms with Crippen molar-refractivity contribution in [1.29, 1.82) is 0 Å². The van der Waals surface area contributed by atoms with Gasteiger partial charge >= 0.3 is 0 Å². The van der Waals surface area contributed by atoms with Crippen LogP contribution in [-0.4, -0.2) is 5.78 Å². The summed E-state index contributed by atoms with van der Waals surface area (Å²) in [5.74, 6) is 0.402. The Bertz CT molecular complexity index is 367. The normalized spacial score (nSPS) is 23.1. The molecule has 16 heavy (non-hydrogen) atoms. The van der Waals surface area contributed by atoms with Crippen LogP contribution in [-0.2, 0) is 16.6 Å². The summed E-state index contributed by atoms with van der Waals surface area (Å²) in [6.07, 6.45) is 2.54. The maximum atomic E-state index is 11.9. The Morgan fingerprint density at radius 3 is 2.44 bits per heavy atom. The van der Waals surface area contributed by atoms with Crippen LogP contribution in [0, 0.1) is 0 Å². The Kier molecular flexibility index (Phi) is 4.28. The molecular formula is C15H22O. The van der Waals surface area contributed by atoms with Gasteiger partial charge in [0.15, 0.2) is 0 Å². The maximum absolute atomic E-state index is 11.9. The van der Waals surface area contributed by atoms with Crippen LogP contribution in [0.1, 0.15) is 51.7 Å². The van der Waals surface area contributed by atoms with Crippen LogP contribution < -0.4 is 0 Å². The quantitative estimate of drug-likeness (QED) is 0.698. The molecule has 0 saturated heterocycles. The van der Waals surface area contributed by atoms with Crippen molar-refractivity contribution >= 4 is 5.78 Å². The number of fused-ring (bicyclic) bond motifs is 1. The Hall–Kier alpha value is -1.11. The molecule has 0 spiro atoms. The van der Waals surface area contributed by atoms with Crippen LogP contribution in [0.4, 0.5) is 0 Å². The van der Waals surface area contributed by atoms with Crippen molar-refractivity contribution in [1.82, 2.24) is 0 Å². The summed E-state index contributed by atoms with van der Waals surface area (Å²) in [6, 6.07) is 8.35. The number of Topliss-reactive ketones (excluding diaryl/α,β-unsaturated/α-hetero) is 1. The first-order valence-electron chi connectivity index (χ1n) is 6.30. The fourth-order valence-corrected chi connectivity index (χ4v) is 2.34. The van der Waals surface area contributed by atoms with Crippen LogP contribution in [0.15, 0.2) is 24.3 Å². The Morgan fingerprint density at radius 1 is 1.19 bits per heavy atom. The summed E-state index contributed by atoms with van der Waals surface area (Å²) in [7, 11) is 0. The van der Waals surface area contributed by atoms with Gasteiger partial charge in [0.05, 0.1) is 5.41 Å². The smallest absolute Gasteiger partial charge is 0.143 e. The molecule has 1 aromatic rings. The zero-order valence-corrected chi connectivity index (χ0v) is 10.8. The van der Waals surface area contributed by atoms with Gasteiger partial charge in [-0.3, -0.25) is 4.79 Å². The lowest BCUT2D eigenvalue weighted by atomic mass is 9.69. The molecule has 2 rings (SSSR count). The third-order valence-corrected chi connectivity index (χ3v) is 3.56. The second-order valence-corrected chi connectivity index (χ2v) is 4.27. The number of aryl methyl sites for hydroxylation is 1. The Labute approximate surface area is 98.9 Å². The van der Waals surface area contributed by atoms with Crippen molar-refractivity contribution in [2.45, 2.75) is 52.4 Å². The molecule has 0 fully saturated rings. The minimum Gasteiger partial charge on any atom is -0.299 e. The lowest BCUT2D eigenvalue weighted by Crippen LogP contribution is -2.36. The molecule has 1 aliphatic carbocycles. The van der Waals surface area contributed by atoms with E-state index in [0.717, 1.165) is 12.8 Å². The molecule has 1 atom stereocenters. The molecule has 1 aromatic carbocycles. The van der Waals surface area contributed by atoms with Gasteiger partial charge in [-0.2, -0.15) is 0 Å². The van der Waals surface area contributed by atoms with E-state index in [0.29, 0.717) is 12.2 Å². The Morgan fingerprint density at radius 2 is 1.81 bits per heavy atom. The standard InChI is InChI=1S/C13H16O.C2H6/c1-3-13(2)11-7-5-4-6-10(11)8-9-12(13)14;1-2/h4-7H,3,8-9H2,1-2H3;1-2H3. The van der Waals surface area contributed by atoms with Gasteiger partial charge in [-0.25, -0.2) is 0 Å². The van der Waals surface area contributed by atoms with E-state index >= 15 is 0 Å². The van der Waals surface area contributed by atoms with Crippen molar-refractivity contribution in [2.75, 3.05) is 0 Å². The molecule has 0 radical (unpaired) electrons. The zero-order chi connectivity index (χ0) is 12.2. The number of hydrogen-bond donors (Lipinski definition) is 0. The van der Waals surface area contributed by atoms with E-state index in [-0.39, 0.29) is 5.41 Å². The first-order valence-corrected chi connectivity index (χ1v) is 6.30. The van der Waals surface area contributed by atoms with Gasteiger partial charge in [-0.05, 0) is 30.9 Å². The van der Waals surface area contributed by atoms with Crippen molar-refractivity contribution < 1.29 is 4.79 Å². The maximum Gasteiger partial charge on any atom is 0.143 e. The lowest BCUT2D eigenvalue weighted by Gasteiger charge is -2.33. The molecule has 1 heteroatoms. The number of rotatable bonds is 1. The second-order valence-electron chi connectivity index (χ2n) is 4.27. The zero-order valence-electron chi connectivity index (χ0n) is 10.8. The molecular weight excluding hydrogens is 196 g/mol. The highest BCUT2D eigenvalue weighted by Gasteiger charge is 2.37. The molecule has 1 nitrogen and oxygen atoms in total. The third-order valence-electron chi connectivity index (χ3n) is 3.56. The molecule has 0 amide bonds. The molecule has 0 aromatic heterocycles. The summed E-state index contributed by atoms with van der Waals surface area (Å²) in [4.78, 5) is 11.9. The van der Waals surface area contributed by atoms with E-state index in [2.05, 4.69) is 32.0 Å². The molecule has 0 heterocycles. The SMILES string of the molecule is CC.CCC1(C)C(=O)CCc2ccccc21. The molecule has 0 aliphatic heterocycles. The molecule has 88 valence electrons. The predicted octanol–water partition coefficient (Wildman–Crippen LogP) is 3.90. The fourth-order valence-electron chi connectivity index (χ4n) is 2.34. The predicted molar refractivity (Wildman–Crippen MR) is 68.8 cm³/mol. The van der Waals surface area contributed by atoms with Crippen molar-refractivity contribution in [2.24, 2.45) is 0 Å². The highest BCUT2D eigenvalue weighted by atomic mass is 16.1. The topological polar surface area (TPSA) is 17.1 Å². The summed E-state index contributed by atoms with van der Waals surface area (Å²) in [5, 5.41) is 0. The molecule has 0 bridgehead atoms. The summed E-state index contributed by atoms with van der Waals surface area (Å²) in [5.41, 5.74) is 2.38. The van der Waals surface area contributed by atoms with Gasteiger partial charge < -0.3 is 0 Å². The van der Waals surface area contributed by atoms with Crippen molar-refractivity contribution in [3.8, 4) is 0 Å². The minimum absolute atomic E-state index is 0.227. The van der Waals surface area contributed by atoms with Crippen LogP contribution in [0.3, 0.4) is 0 Å². The first-order chi connectivity index (χ1) is 7.68. The highest BCUT2D eigenvalue weighted by molar-refractivity contribution is 5.91.